The zero-order valence-corrected chi connectivity index (χ0v) is 11.4. The highest BCUT2D eigenvalue weighted by Gasteiger charge is 2.13. The lowest BCUT2D eigenvalue weighted by Crippen LogP contribution is -2.19. The molecule has 0 radical (unpaired) electrons. The van der Waals surface area contributed by atoms with Crippen LogP contribution < -0.4 is 0 Å². The average Bonchev–Trinajstić information content (AvgIpc) is 2.76. The molecule has 1 aromatic carbocycles. The lowest BCUT2D eigenvalue weighted by atomic mass is 10.1. The highest BCUT2D eigenvalue weighted by Crippen LogP contribution is 2.16. The number of hydrogen-bond acceptors (Lipinski definition) is 3. The number of nitrogens with zero attached hydrogens (tertiary/aromatic N) is 1. The molecule has 0 fully saturated rings. The number of aryl methyl sites for hydroxylation is 1. The van der Waals surface area contributed by atoms with Crippen molar-refractivity contribution in [2.24, 2.45) is 0 Å². The van der Waals surface area contributed by atoms with Crippen molar-refractivity contribution < 1.29 is 18.7 Å². The van der Waals surface area contributed by atoms with Gasteiger partial charge in [-0.25, -0.2) is 9.18 Å². The molecule has 106 valence electrons. The van der Waals surface area contributed by atoms with Gasteiger partial charge in [-0.1, -0.05) is 6.07 Å². The van der Waals surface area contributed by atoms with E-state index in [-0.39, 0.29) is 5.56 Å². The first-order valence-corrected chi connectivity index (χ1v) is 6.21. The Balaban J connectivity index is 2.11. The minimum Gasteiger partial charge on any atom is -0.478 e. The van der Waals surface area contributed by atoms with Gasteiger partial charge in [-0.15, -0.1) is 0 Å². The third-order valence-corrected chi connectivity index (χ3v) is 2.96. The molecule has 2 aromatic rings. The van der Waals surface area contributed by atoms with Gasteiger partial charge in [0.15, 0.2) is 0 Å². The zero-order valence-electron chi connectivity index (χ0n) is 11.4. The van der Waals surface area contributed by atoms with Crippen LogP contribution in [0.25, 0.3) is 0 Å². The predicted octanol–water partition coefficient (Wildman–Crippen LogP) is 3.06. The quantitative estimate of drug-likeness (QED) is 0.912. The van der Waals surface area contributed by atoms with E-state index in [0.717, 1.165) is 17.6 Å². The molecule has 0 spiro atoms. The van der Waals surface area contributed by atoms with E-state index in [9.17, 15) is 9.18 Å². The van der Waals surface area contributed by atoms with E-state index in [4.69, 9.17) is 9.52 Å². The lowest BCUT2D eigenvalue weighted by Gasteiger charge is -2.16. The summed E-state index contributed by atoms with van der Waals surface area (Å²) in [5.74, 6) is -0.0254. The molecule has 1 N–H and O–H groups in total. The van der Waals surface area contributed by atoms with Crippen molar-refractivity contribution in [1.29, 1.82) is 0 Å². The van der Waals surface area contributed by atoms with Gasteiger partial charge in [0.05, 0.1) is 12.1 Å². The summed E-state index contributed by atoms with van der Waals surface area (Å²) in [5.41, 5.74) is 0.567. The molecular formula is C15H16FNO3. The summed E-state index contributed by atoms with van der Waals surface area (Å²) in [6.45, 7) is 2.83. The summed E-state index contributed by atoms with van der Waals surface area (Å²) in [4.78, 5) is 13.0. The molecule has 5 heteroatoms. The topological polar surface area (TPSA) is 53.7 Å². The Morgan fingerprint density at radius 1 is 1.30 bits per heavy atom. The van der Waals surface area contributed by atoms with E-state index >= 15 is 0 Å². The molecule has 1 aromatic heterocycles. The molecule has 0 unspecified atom stereocenters. The van der Waals surface area contributed by atoms with Crippen molar-refractivity contribution in [2.75, 3.05) is 7.05 Å². The molecule has 0 aliphatic rings. The molecule has 1 heterocycles. The van der Waals surface area contributed by atoms with Crippen molar-refractivity contribution in [3.05, 3.63) is 58.8 Å². The third-order valence-electron chi connectivity index (χ3n) is 2.96. The third kappa shape index (κ3) is 3.45. The minimum absolute atomic E-state index is 0.00697. The summed E-state index contributed by atoms with van der Waals surface area (Å²) in [6, 6.07) is 7.58. The molecule has 4 nitrogen and oxygen atoms in total. The van der Waals surface area contributed by atoms with Crippen molar-refractivity contribution in [3.8, 4) is 0 Å². The molecule has 0 bridgehead atoms. The average molecular weight is 277 g/mol. The van der Waals surface area contributed by atoms with Gasteiger partial charge in [-0.2, -0.15) is 0 Å². The largest absolute Gasteiger partial charge is 0.478 e. The van der Waals surface area contributed by atoms with Crippen molar-refractivity contribution in [1.82, 2.24) is 4.90 Å². The van der Waals surface area contributed by atoms with Crippen LogP contribution in [0, 0.1) is 12.7 Å². The Kier molecular flexibility index (Phi) is 4.20. The van der Waals surface area contributed by atoms with Gasteiger partial charge in [-0.05, 0) is 43.8 Å². The predicted molar refractivity (Wildman–Crippen MR) is 72.0 cm³/mol. The minimum atomic E-state index is -1.12. The van der Waals surface area contributed by atoms with Crippen LogP contribution in [-0.2, 0) is 13.1 Å². The number of carbonyl (C=O) groups is 1. The Labute approximate surface area is 116 Å². The number of furan rings is 1. The van der Waals surface area contributed by atoms with Crippen LogP contribution in [0.3, 0.4) is 0 Å². The van der Waals surface area contributed by atoms with E-state index in [1.807, 2.05) is 31.0 Å². The number of carboxylic acids is 1. The molecule has 0 aliphatic heterocycles. The summed E-state index contributed by atoms with van der Waals surface area (Å²) in [6.07, 6.45) is 0. The van der Waals surface area contributed by atoms with Gasteiger partial charge in [0.1, 0.15) is 17.3 Å². The van der Waals surface area contributed by atoms with Crippen LogP contribution in [0.4, 0.5) is 4.39 Å². The molecule has 0 atom stereocenters. The fourth-order valence-corrected chi connectivity index (χ4v) is 2.07. The van der Waals surface area contributed by atoms with Crippen molar-refractivity contribution in [2.45, 2.75) is 20.0 Å². The standard InChI is InChI=1S/C15H16FNO3/c1-10-3-6-13(20-10)9-17(2)8-11-4-5-12(16)7-14(11)15(18)19/h3-7H,8-9H2,1-2H3,(H,18,19). The normalized spacial score (nSPS) is 11.0. The van der Waals surface area contributed by atoms with E-state index in [1.165, 1.54) is 12.1 Å². The Bertz CT molecular complexity index is 621. The summed E-state index contributed by atoms with van der Waals surface area (Å²) >= 11 is 0. The maximum Gasteiger partial charge on any atom is 0.336 e. The molecule has 2 rings (SSSR count). The summed E-state index contributed by atoms with van der Waals surface area (Å²) < 4.78 is 18.6. The van der Waals surface area contributed by atoms with E-state index < -0.39 is 11.8 Å². The van der Waals surface area contributed by atoms with Crippen LogP contribution in [0.15, 0.2) is 34.7 Å². The van der Waals surface area contributed by atoms with E-state index in [0.29, 0.717) is 18.7 Å². The number of carboxylic acid groups (broad SMARTS) is 1. The number of aromatic carboxylic acids is 1. The molecule has 0 saturated heterocycles. The fraction of sp³-hybridized carbons (Fsp3) is 0.267. The SMILES string of the molecule is Cc1ccc(CN(C)Cc2ccc(F)cc2C(=O)O)o1. The van der Waals surface area contributed by atoms with Gasteiger partial charge in [0, 0.05) is 6.54 Å². The first-order valence-electron chi connectivity index (χ1n) is 6.21. The smallest absolute Gasteiger partial charge is 0.336 e. The molecule has 0 saturated carbocycles. The number of rotatable bonds is 5. The molecule has 0 aliphatic carbocycles. The first-order chi connectivity index (χ1) is 9.45. The highest BCUT2D eigenvalue weighted by atomic mass is 19.1. The maximum atomic E-state index is 13.1. The lowest BCUT2D eigenvalue weighted by molar-refractivity contribution is 0.0694. The second-order valence-electron chi connectivity index (χ2n) is 4.79. The number of hydrogen-bond donors (Lipinski definition) is 1. The summed E-state index contributed by atoms with van der Waals surface area (Å²) in [7, 11) is 1.85. The van der Waals surface area contributed by atoms with Gasteiger partial charge < -0.3 is 9.52 Å². The molecular weight excluding hydrogens is 261 g/mol. The molecule has 0 amide bonds. The Morgan fingerprint density at radius 3 is 2.65 bits per heavy atom. The fourth-order valence-electron chi connectivity index (χ4n) is 2.07. The molecule has 20 heavy (non-hydrogen) atoms. The van der Waals surface area contributed by atoms with Crippen LogP contribution >= 0.6 is 0 Å². The van der Waals surface area contributed by atoms with Gasteiger partial charge >= 0.3 is 5.97 Å². The van der Waals surface area contributed by atoms with Gasteiger partial charge in [-0.3, -0.25) is 4.90 Å². The summed E-state index contributed by atoms with van der Waals surface area (Å²) in [5, 5.41) is 9.09. The highest BCUT2D eigenvalue weighted by molar-refractivity contribution is 5.89. The monoisotopic (exact) mass is 277 g/mol. The van der Waals surface area contributed by atoms with Gasteiger partial charge in [0.25, 0.3) is 0 Å². The first kappa shape index (κ1) is 14.3. The number of benzene rings is 1. The maximum absolute atomic E-state index is 13.1. The van der Waals surface area contributed by atoms with Crippen LogP contribution in [0.1, 0.15) is 27.4 Å². The Hall–Kier alpha value is -2.14. The second kappa shape index (κ2) is 5.88. The number of halogens is 1. The second-order valence-corrected chi connectivity index (χ2v) is 4.79. The van der Waals surface area contributed by atoms with E-state index in [2.05, 4.69) is 0 Å². The zero-order chi connectivity index (χ0) is 14.7. The van der Waals surface area contributed by atoms with Crippen molar-refractivity contribution in [3.63, 3.8) is 0 Å². The van der Waals surface area contributed by atoms with Crippen LogP contribution in [-0.4, -0.2) is 23.0 Å². The van der Waals surface area contributed by atoms with Gasteiger partial charge in [0.2, 0.25) is 0 Å². The van der Waals surface area contributed by atoms with Crippen LogP contribution in [0.2, 0.25) is 0 Å². The van der Waals surface area contributed by atoms with Crippen LogP contribution in [0.5, 0.6) is 0 Å². The Morgan fingerprint density at radius 2 is 2.05 bits per heavy atom. The van der Waals surface area contributed by atoms with E-state index in [1.54, 1.807) is 0 Å². The van der Waals surface area contributed by atoms with Crippen molar-refractivity contribution >= 4 is 5.97 Å².